The third kappa shape index (κ3) is 3.93. The van der Waals surface area contributed by atoms with E-state index in [0.717, 1.165) is 29.0 Å². The van der Waals surface area contributed by atoms with Crippen LogP contribution in [0.2, 0.25) is 0 Å². The molecule has 2 aromatic carbocycles. The summed E-state index contributed by atoms with van der Waals surface area (Å²) in [7, 11) is 4.76. The van der Waals surface area contributed by atoms with Crippen molar-refractivity contribution in [2.75, 3.05) is 32.6 Å². The second-order valence-corrected chi connectivity index (χ2v) is 7.00. The van der Waals surface area contributed by atoms with Gasteiger partial charge in [0.1, 0.15) is 0 Å². The molecule has 3 N–H and O–H groups in total. The van der Waals surface area contributed by atoms with Gasteiger partial charge < -0.3 is 15.1 Å². The third-order valence-corrected chi connectivity index (χ3v) is 5.23. The van der Waals surface area contributed by atoms with Crippen LogP contribution in [-0.4, -0.2) is 61.6 Å². The van der Waals surface area contributed by atoms with Gasteiger partial charge in [0.2, 0.25) is 0 Å². The second kappa shape index (κ2) is 8.32. The van der Waals surface area contributed by atoms with Crippen LogP contribution in [0, 0.1) is 0 Å². The second-order valence-electron chi connectivity index (χ2n) is 7.00. The van der Waals surface area contributed by atoms with E-state index in [2.05, 4.69) is 35.5 Å². The Kier molecular flexibility index (Phi) is 5.84. The Balaban J connectivity index is 1.81. The molecule has 1 unspecified atom stereocenters. The SMILES string of the molecule is CNC(=O)C(C(=O)NO)N(C)C(=O)c1ccc(-c2ccc3c(c2)CCN3C)cc1. The molecule has 1 aliphatic heterocycles. The van der Waals surface area contributed by atoms with Gasteiger partial charge >= 0.3 is 0 Å². The molecule has 3 rings (SSSR count). The van der Waals surface area contributed by atoms with Crippen molar-refractivity contribution in [3.63, 3.8) is 0 Å². The summed E-state index contributed by atoms with van der Waals surface area (Å²) in [5, 5.41) is 11.2. The van der Waals surface area contributed by atoms with Crippen LogP contribution in [0.25, 0.3) is 11.1 Å². The smallest absolute Gasteiger partial charge is 0.275 e. The first-order valence-electron chi connectivity index (χ1n) is 9.24. The molecule has 2 aromatic rings. The van der Waals surface area contributed by atoms with E-state index in [9.17, 15) is 14.4 Å². The van der Waals surface area contributed by atoms with Gasteiger partial charge in [-0.25, -0.2) is 5.48 Å². The van der Waals surface area contributed by atoms with Crippen LogP contribution in [0.5, 0.6) is 0 Å². The number of likely N-dealkylation sites (N-methyl/N-ethyl adjacent to an activating group) is 3. The van der Waals surface area contributed by atoms with E-state index in [1.54, 1.807) is 12.1 Å². The van der Waals surface area contributed by atoms with Crippen molar-refractivity contribution >= 4 is 23.4 Å². The van der Waals surface area contributed by atoms with Crippen LogP contribution in [0.4, 0.5) is 5.69 Å². The van der Waals surface area contributed by atoms with Crippen molar-refractivity contribution in [3.05, 3.63) is 53.6 Å². The minimum absolute atomic E-state index is 0.330. The fourth-order valence-electron chi connectivity index (χ4n) is 3.54. The average molecular weight is 396 g/mol. The lowest BCUT2D eigenvalue weighted by molar-refractivity contribution is -0.140. The highest BCUT2D eigenvalue weighted by atomic mass is 16.5. The van der Waals surface area contributed by atoms with Crippen LogP contribution in [-0.2, 0) is 16.0 Å². The van der Waals surface area contributed by atoms with Crippen LogP contribution in [0.1, 0.15) is 15.9 Å². The van der Waals surface area contributed by atoms with Crippen molar-refractivity contribution in [2.45, 2.75) is 12.5 Å². The lowest BCUT2D eigenvalue weighted by Gasteiger charge is -2.25. The van der Waals surface area contributed by atoms with Crippen molar-refractivity contribution in [3.8, 4) is 11.1 Å². The van der Waals surface area contributed by atoms with Crippen LogP contribution >= 0.6 is 0 Å². The number of anilines is 1. The standard InChI is InChI=1S/C21H24N4O4/c1-22-19(26)18(20(27)23-29)25(3)21(28)14-6-4-13(5-7-14)15-8-9-17-16(12-15)10-11-24(17)2/h4-9,12,18,29H,10-11H2,1-3H3,(H,22,26)(H,23,27). The highest BCUT2D eigenvalue weighted by Crippen LogP contribution is 2.31. The number of benzene rings is 2. The van der Waals surface area contributed by atoms with Crippen molar-refractivity contribution in [2.24, 2.45) is 0 Å². The molecule has 3 amide bonds. The fourth-order valence-corrected chi connectivity index (χ4v) is 3.54. The number of amides is 3. The summed E-state index contributed by atoms with van der Waals surface area (Å²) < 4.78 is 0. The Morgan fingerprint density at radius 3 is 2.34 bits per heavy atom. The van der Waals surface area contributed by atoms with Crippen molar-refractivity contribution in [1.82, 2.24) is 15.7 Å². The van der Waals surface area contributed by atoms with E-state index in [0.29, 0.717) is 5.56 Å². The summed E-state index contributed by atoms with van der Waals surface area (Å²) in [4.78, 5) is 39.7. The molecule has 1 heterocycles. The Labute approximate surface area is 169 Å². The Morgan fingerprint density at radius 1 is 1.07 bits per heavy atom. The number of hydroxylamine groups is 1. The van der Waals surface area contributed by atoms with Gasteiger partial charge in [0.25, 0.3) is 17.7 Å². The maximum atomic E-state index is 12.7. The molecule has 0 spiro atoms. The van der Waals surface area contributed by atoms with E-state index < -0.39 is 23.8 Å². The number of nitrogens with one attached hydrogen (secondary N) is 2. The number of rotatable bonds is 5. The van der Waals surface area contributed by atoms with E-state index in [4.69, 9.17) is 5.21 Å². The summed E-state index contributed by atoms with van der Waals surface area (Å²) in [6, 6.07) is 11.8. The van der Waals surface area contributed by atoms with Gasteiger partial charge in [0.05, 0.1) is 0 Å². The van der Waals surface area contributed by atoms with Crippen LogP contribution < -0.4 is 15.7 Å². The minimum Gasteiger partial charge on any atom is -0.374 e. The third-order valence-electron chi connectivity index (χ3n) is 5.23. The van der Waals surface area contributed by atoms with E-state index in [1.165, 1.54) is 30.8 Å². The maximum Gasteiger partial charge on any atom is 0.275 e. The molecule has 1 aliphatic rings. The summed E-state index contributed by atoms with van der Waals surface area (Å²) in [5.74, 6) is -2.20. The fraction of sp³-hybridized carbons (Fsp3) is 0.286. The van der Waals surface area contributed by atoms with Crippen molar-refractivity contribution in [1.29, 1.82) is 0 Å². The number of hydrogen-bond acceptors (Lipinski definition) is 5. The normalized spacial score (nSPS) is 13.4. The molecule has 0 aromatic heterocycles. The van der Waals surface area contributed by atoms with Gasteiger partial charge in [-0.3, -0.25) is 19.6 Å². The molecule has 0 bridgehead atoms. The highest BCUT2D eigenvalue weighted by Gasteiger charge is 2.33. The highest BCUT2D eigenvalue weighted by molar-refractivity contribution is 6.08. The minimum atomic E-state index is -1.48. The number of carbonyl (C=O) groups is 3. The summed E-state index contributed by atoms with van der Waals surface area (Å²) in [5.41, 5.74) is 6.33. The van der Waals surface area contributed by atoms with E-state index >= 15 is 0 Å². The zero-order chi connectivity index (χ0) is 21.1. The van der Waals surface area contributed by atoms with Gasteiger partial charge in [0, 0.05) is 38.9 Å². The molecular formula is C21H24N4O4. The van der Waals surface area contributed by atoms with E-state index in [-0.39, 0.29) is 0 Å². The molecule has 0 radical (unpaired) electrons. The average Bonchev–Trinajstić information content (AvgIpc) is 3.13. The zero-order valence-electron chi connectivity index (χ0n) is 16.6. The molecule has 0 saturated heterocycles. The molecule has 29 heavy (non-hydrogen) atoms. The molecule has 1 atom stereocenters. The number of hydrogen-bond donors (Lipinski definition) is 3. The quantitative estimate of drug-likeness (QED) is 0.398. The molecule has 0 aliphatic carbocycles. The molecule has 0 saturated carbocycles. The molecule has 8 heteroatoms. The summed E-state index contributed by atoms with van der Waals surface area (Å²) in [6.07, 6.45) is 1.01. The van der Waals surface area contributed by atoms with Gasteiger partial charge in [-0.05, 0) is 47.4 Å². The Hall–Kier alpha value is -3.39. The number of nitrogens with zero attached hydrogens (tertiary/aromatic N) is 2. The van der Waals surface area contributed by atoms with Gasteiger partial charge in [0.15, 0.2) is 6.04 Å². The van der Waals surface area contributed by atoms with Crippen LogP contribution in [0.3, 0.4) is 0 Å². The monoisotopic (exact) mass is 396 g/mol. The van der Waals surface area contributed by atoms with E-state index in [1.807, 2.05) is 12.1 Å². The first kappa shape index (κ1) is 20.3. The number of carbonyl (C=O) groups excluding carboxylic acids is 3. The topological polar surface area (TPSA) is 102 Å². The Bertz CT molecular complexity index is 926. The van der Waals surface area contributed by atoms with Gasteiger partial charge in [-0.15, -0.1) is 0 Å². The lowest BCUT2D eigenvalue weighted by atomic mass is 10.00. The first-order valence-corrected chi connectivity index (χ1v) is 9.24. The van der Waals surface area contributed by atoms with Gasteiger partial charge in [-0.2, -0.15) is 0 Å². The Morgan fingerprint density at radius 2 is 1.72 bits per heavy atom. The molecule has 0 fully saturated rings. The van der Waals surface area contributed by atoms with Crippen LogP contribution in [0.15, 0.2) is 42.5 Å². The zero-order valence-corrected chi connectivity index (χ0v) is 16.6. The lowest BCUT2D eigenvalue weighted by Crippen LogP contribution is -2.54. The largest absolute Gasteiger partial charge is 0.374 e. The first-order chi connectivity index (χ1) is 13.9. The molecular weight excluding hydrogens is 372 g/mol. The molecule has 152 valence electrons. The van der Waals surface area contributed by atoms with Gasteiger partial charge in [-0.1, -0.05) is 18.2 Å². The molecule has 8 nitrogen and oxygen atoms in total. The maximum absolute atomic E-state index is 12.7. The number of fused-ring (bicyclic) bond motifs is 1. The predicted octanol–water partition coefficient (Wildman–Crippen LogP) is 1.04. The summed E-state index contributed by atoms with van der Waals surface area (Å²) >= 11 is 0. The summed E-state index contributed by atoms with van der Waals surface area (Å²) in [6.45, 7) is 1.01. The predicted molar refractivity (Wildman–Crippen MR) is 109 cm³/mol. The van der Waals surface area contributed by atoms with Crippen molar-refractivity contribution < 1.29 is 19.6 Å².